The van der Waals surface area contributed by atoms with Crippen molar-refractivity contribution < 1.29 is 9.59 Å². The second-order valence-corrected chi connectivity index (χ2v) is 12.2. The van der Waals surface area contributed by atoms with Gasteiger partial charge in [0, 0.05) is 42.7 Å². The van der Waals surface area contributed by atoms with Crippen LogP contribution >= 0.6 is 11.6 Å². The predicted molar refractivity (Wildman–Crippen MR) is 171 cm³/mol. The van der Waals surface area contributed by atoms with Gasteiger partial charge in [-0.15, -0.1) is 0 Å². The molecule has 3 aromatic carbocycles. The van der Waals surface area contributed by atoms with Gasteiger partial charge in [-0.05, 0) is 53.7 Å². The lowest BCUT2D eigenvalue weighted by atomic mass is 9.84. The number of carbonyl (C=O) groups excluding carboxylic acids is 2. The van der Waals surface area contributed by atoms with Crippen LogP contribution in [-0.4, -0.2) is 48.4 Å². The van der Waals surface area contributed by atoms with E-state index in [1.165, 1.54) is 43.2 Å². The van der Waals surface area contributed by atoms with Crippen molar-refractivity contribution in [3.8, 4) is 0 Å². The van der Waals surface area contributed by atoms with Crippen molar-refractivity contribution in [1.29, 1.82) is 0 Å². The average Bonchev–Trinajstić information content (AvgIpc) is 3.17. The fourth-order valence-electron chi connectivity index (χ4n) is 6.37. The molecule has 42 heavy (non-hydrogen) atoms. The van der Waals surface area contributed by atoms with Crippen LogP contribution in [-0.2, 0) is 9.59 Å². The Bertz CT molecular complexity index is 1270. The van der Waals surface area contributed by atoms with Gasteiger partial charge >= 0.3 is 0 Å². The zero-order chi connectivity index (χ0) is 29.1. The maximum Gasteiger partial charge on any atom is 0.244 e. The van der Waals surface area contributed by atoms with E-state index in [-0.39, 0.29) is 29.8 Å². The highest BCUT2D eigenvalue weighted by Crippen LogP contribution is 2.30. The van der Waals surface area contributed by atoms with E-state index < -0.39 is 0 Å². The molecule has 1 saturated heterocycles. The number of nitrogens with zero attached hydrogens (tertiary/aromatic N) is 1. The minimum Gasteiger partial charge on any atom is -0.351 e. The molecule has 1 unspecified atom stereocenters. The Kier molecular flexibility index (Phi) is 10.9. The van der Waals surface area contributed by atoms with E-state index in [0.717, 1.165) is 18.4 Å². The summed E-state index contributed by atoms with van der Waals surface area (Å²) in [7, 11) is 0. The van der Waals surface area contributed by atoms with E-state index in [1.54, 1.807) is 12.2 Å². The number of hydrogen-bond donors (Lipinski definition) is 2. The van der Waals surface area contributed by atoms with Gasteiger partial charge in [-0.1, -0.05) is 117 Å². The highest BCUT2D eigenvalue weighted by atomic mass is 35.5. The Morgan fingerprint density at radius 3 is 2.19 bits per heavy atom. The Labute approximate surface area is 255 Å². The Morgan fingerprint density at radius 2 is 1.55 bits per heavy atom. The third kappa shape index (κ3) is 8.56. The summed E-state index contributed by atoms with van der Waals surface area (Å²) in [6, 6.07) is 28.2. The number of carbonyl (C=O) groups is 2. The quantitative estimate of drug-likeness (QED) is 0.257. The van der Waals surface area contributed by atoms with Crippen molar-refractivity contribution in [3.63, 3.8) is 0 Å². The minimum absolute atomic E-state index is 0.0207. The number of amides is 2. The Morgan fingerprint density at radius 1 is 0.905 bits per heavy atom. The minimum atomic E-state index is -0.241. The van der Waals surface area contributed by atoms with Gasteiger partial charge < -0.3 is 15.5 Å². The first-order valence-electron chi connectivity index (χ1n) is 15.4. The molecule has 2 aliphatic rings. The number of benzene rings is 3. The third-order valence-electron chi connectivity index (χ3n) is 8.71. The predicted octanol–water partition coefficient (Wildman–Crippen LogP) is 6.83. The molecule has 1 saturated carbocycles. The zero-order valence-corrected chi connectivity index (χ0v) is 25.0. The third-order valence-corrected chi connectivity index (χ3v) is 8.97. The monoisotopic (exact) mass is 583 g/mol. The first kappa shape index (κ1) is 30.1. The van der Waals surface area contributed by atoms with E-state index >= 15 is 0 Å². The van der Waals surface area contributed by atoms with E-state index in [4.69, 9.17) is 11.6 Å². The van der Waals surface area contributed by atoms with Crippen LogP contribution in [0.25, 0.3) is 6.08 Å². The normalized spacial score (nSPS) is 20.1. The van der Waals surface area contributed by atoms with Gasteiger partial charge in [-0.3, -0.25) is 9.59 Å². The summed E-state index contributed by atoms with van der Waals surface area (Å²) in [5.41, 5.74) is 3.35. The summed E-state index contributed by atoms with van der Waals surface area (Å²) in [6.07, 6.45) is 11.2. The Balaban J connectivity index is 1.29. The molecule has 5 nitrogen and oxygen atoms in total. The molecule has 6 heteroatoms. The van der Waals surface area contributed by atoms with Gasteiger partial charge in [0.25, 0.3) is 0 Å². The highest BCUT2D eigenvalue weighted by molar-refractivity contribution is 6.30. The fraction of sp³-hybridized carbons (Fsp3) is 0.389. The van der Waals surface area contributed by atoms with Crippen molar-refractivity contribution in [2.24, 2.45) is 5.92 Å². The molecule has 1 aliphatic heterocycles. The Hall–Kier alpha value is -3.41. The lowest BCUT2D eigenvalue weighted by Crippen LogP contribution is -2.50. The van der Waals surface area contributed by atoms with Crippen molar-refractivity contribution in [2.75, 3.05) is 19.6 Å². The molecule has 3 aromatic rings. The molecule has 0 aromatic heterocycles. The lowest BCUT2D eigenvalue weighted by Gasteiger charge is -2.31. The number of nitrogens with one attached hydrogen (secondary N) is 2. The van der Waals surface area contributed by atoms with E-state index in [1.807, 2.05) is 36.4 Å². The van der Waals surface area contributed by atoms with E-state index in [2.05, 4.69) is 64.1 Å². The smallest absolute Gasteiger partial charge is 0.244 e. The van der Waals surface area contributed by atoms with Crippen LogP contribution in [0.5, 0.6) is 0 Å². The van der Waals surface area contributed by atoms with Gasteiger partial charge in [-0.25, -0.2) is 0 Å². The van der Waals surface area contributed by atoms with E-state index in [0.29, 0.717) is 30.6 Å². The second kappa shape index (κ2) is 15.2. The molecule has 0 bridgehead atoms. The molecule has 2 fully saturated rings. The highest BCUT2D eigenvalue weighted by Gasteiger charge is 2.34. The molecule has 0 radical (unpaired) electrons. The summed E-state index contributed by atoms with van der Waals surface area (Å²) in [4.78, 5) is 28.9. The average molecular weight is 584 g/mol. The lowest BCUT2D eigenvalue weighted by molar-refractivity contribution is -0.133. The molecule has 220 valence electrons. The maximum absolute atomic E-state index is 14.1. The second-order valence-electron chi connectivity index (χ2n) is 11.7. The van der Waals surface area contributed by atoms with Gasteiger partial charge in [0.1, 0.15) is 0 Å². The summed E-state index contributed by atoms with van der Waals surface area (Å²) >= 11 is 5.97. The van der Waals surface area contributed by atoms with Crippen LogP contribution in [0.15, 0.2) is 91.0 Å². The molecular weight excluding hydrogens is 542 g/mol. The maximum atomic E-state index is 14.1. The summed E-state index contributed by atoms with van der Waals surface area (Å²) < 4.78 is 0. The largest absolute Gasteiger partial charge is 0.351 e. The van der Waals surface area contributed by atoms with E-state index in [9.17, 15) is 9.59 Å². The molecule has 2 N–H and O–H groups in total. The molecule has 1 heterocycles. The van der Waals surface area contributed by atoms with Gasteiger partial charge in [0.05, 0.1) is 6.04 Å². The van der Waals surface area contributed by atoms with Crippen LogP contribution < -0.4 is 10.6 Å². The summed E-state index contributed by atoms with van der Waals surface area (Å²) in [5, 5.41) is 7.42. The number of hydrogen-bond acceptors (Lipinski definition) is 3. The SMILES string of the molecule is O=C(/C=C/c1ccc(Cl)cc1)NCC1CCN(CC(c2ccccc2)c2ccccc2)C(=O)[C@H](CC2CCCCC2)N1. The topological polar surface area (TPSA) is 61.4 Å². The van der Waals surface area contributed by atoms with Crippen molar-refractivity contribution in [2.45, 2.75) is 62.9 Å². The van der Waals surface area contributed by atoms with Crippen molar-refractivity contribution in [3.05, 3.63) is 113 Å². The first-order valence-corrected chi connectivity index (χ1v) is 15.8. The molecule has 2 atom stereocenters. The van der Waals surface area contributed by atoms with Crippen LogP contribution in [0.4, 0.5) is 0 Å². The number of rotatable bonds is 10. The first-order chi connectivity index (χ1) is 20.5. The van der Waals surface area contributed by atoms with Crippen LogP contribution in [0.3, 0.4) is 0 Å². The van der Waals surface area contributed by atoms with Crippen molar-refractivity contribution in [1.82, 2.24) is 15.5 Å². The fourth-order valence-corrected chi connectivity index (χ4v) is 6.50. The molecule has 1 aliphatic carbocycles. The van der Waals surface area contributed by atoms with Gasteiger partial charge in [0.2, 0.25) is 11.8 Å². The molecular formula is C36H42ClN3O2. The van der Waals surface area contributed by atoms with Crippen LogP contribution in [0.1, 0.15) is 67.6 Å². The standard InChI is InChI=1S/C36H42ClN3O2/c37-31-19-16-27(17-20-31)18-21-35(41)38-25-32-22-23-40(36(42)34(39-32)24-28-10-4-1-5-11-28)26-33(29-12-6-2-7-13-29)30-14-8-3-9-15-30/h2-3,6-9,12-21,28,32-34,39H,1,4-5,10-11,22-26H2,(H,38,41)/b21-18+/t32?,34-/m0/s1. The molecule has 0 spiro atoms. The van der Waals surface area contributed by atoms with Crippen LogP contribution in [0, 0.1) is 5.92 Å². The van der Waals surface area contributed by atoms with Crippen molar-refractivity contribution >= 4 is 29.5 Å². The molecule has 2 amide bonds. The summed E-state index contributed by atoms with van der Waals surface area (Å²) in [5.74, 6) is 0.711. The van der Waals surface area contributed by atoms with Crippen LogP contribution in [0.2, 0.25) is 5.02 Å². The van der Waals surface area contributed by atoms with Gasteiger partial charge in [-0.2, -0.15) is 0 Å². The number of halogens is 1. The van der Waals surface area contributed by atoms with Gasteiger partial charge in [0.15, 0.2) is 0 Å². The molecule has 5 rings (SSSR count). The zero-order valence-electron chi connectivity index (χ0n) is 24.3. The summed E-state index contributed by atoms with van der Waals surface area (Å²) in [6.45, 7) is 1.77.